The van der Waals surface area contributed by atoms with Gasteiger partial charge in [-0.2, -0.15) is 0 Å². The molecular formula is C40H36N2O4. The molecule has 0 N–H and O–H groups in total. The van der Waals surface area contributed by atoms with Crippen LogP contribution in [0.2, 0.25) is 0 Å². The molecule has 0 spiro atoms. The summed E-state index contributed by atoms with van der Waals surface area (Å²) >= 11 is 0. The third-order valence-corrected chi connectivity index (χ3v) is 9.10. The van der Waals surface area contributed by atoms with Crippen LogP contribution in [0.25, 0.3) is 11.1 Å². The van der Waals surface area contributed by atoms with Crippen LogP contribution in [0.4, 0.5) is 11.4 Å². The van der Waals surface area contributed by atoms with Crippen LogP contribution in [-0.2, 0) is 9.59 Å². The van der Waals surface area contributed by atoms with E-state index in [9.17, 15) is 9.59 Å². The van der Waals surface area contributed by atoms with Crippen LogP contribution >= 0.6 is 0 Å². The number of hydrogen-bond acceptors (Lipinski definition) is 6. The van der Waals surface area contributed by atoms with Crippen molar-refractivity contribution in [2.75, 3.05) is 36.0 Å². The first kappa shape index (κ1) is 29.4. The van der Waals surface area contributed by atoms with Crippen LogP contribution in [0.3, 0.4) is 0 Å². The van der Waals surface area contributed by atoms with E-state index in [0.717, 1.165) is 71.0 Å². The highest BCUT2D eigenvalue weighted by Gasteiger charge is 2.33. The first-order valence-corrected chi connectivity index (χ1v) is 16.1. The van der Waals surface area contributed by atoms with Gasteiger partial charge in [0.25, 0.3) is 0 Å². The van der Waals surface area contributed by atoms with Gasteiger partial charge < -0.3 is 19.3 Å². The summed E-state index contributed by atoms with van der Waals surface area (Å²) in [5, 5.41) is 0. The predicted octanol–water partition coefficient (Wildman–Crippen LogP) is 8.58. The zero-order chi connectivity index (χ0) is 31.9. The Morgan fingerprint density at radius 2 is 0.870 bits per heavy atom. The smallest absolute Gasteiger partial charge is 0.186 e. The molecule has 6 nitrogen and oxygen atoms in total. The third kappa shape index (κ3) is 4.81. The number of anilines is 2. The molecule has 7 rings (SSSR count). The lowest BCUT2D eigenvalue weighted by atomic mass is 9.82. The van der Waals surface area contributed by atoms with Crippen LogP contribution in [0.1, 0.15) is 49.9 Å². The Labute approximate surface area is 269 Å². The minimum absolute atomic E-state index is 0.0681. The SMILES string of the molecule is CCN(CC)c1ccc2c(c1)Oc1cc3c(cc1C2=C1C=CC=CC1=O)C(=C1C=CC=CC1=O)c1ccc(N(CC)CC)cc1O3. The van der Waals surface area contributed by atoms with E-state index >= 15 is 0 Å². The highest BCUT2D eigenvalue weighted by atomic mass is 16.5. The number of hydrogen-bond donors (Lipinski definition) is 0. The maximum Gasteiger partial charge on any atom is 0.186 e. The van der Waals surface area contributed by atoms with Crippen molar-refractivity contribution >= 4 is 34.1 Å². The Hall–Kier alpha value is -5.36. The second kappa shape index (κ2) is 11.9. The highest BCUT2D eigenvalue weighted by molar-refractivity contribution is 6.17. The van der Waals surface area contributed by atoms with Crippen molar-refractivity contribution in [3.8, 4) is 23.0 Å². The van der Waals surface area contributed by atoms with Crippen LogP contribution in [0, 0.1) is 0 Å². The maximum absolute atomic E-state index is 13.4. The Bertz CT molecular complexity index is 1840. The van der Waals surface area contributed by atoms with Gasteiger partial charge >= 0.3 is 0 Å². The van der Waals surface area contributed by atoms with Crippen molar-refractivity contribution < 1.29 is 19.1 Å². The van der Waals surface area contributed by atoms with Crippen LogP contribution in [0.15, 0.2) is 108 Å². The largest absolute Gasteiger partial charge is 0.456 e. The summed E-state index contributed by atoms with van der Waals surface area (Å²) in [6.45, 7) is 12.0. The number of carbonyl (C=O) groups is 2. The number of fused-ring (bicyclic) bond motifs is 4. The minimum atomic E-state index is -0.0681. The van der Waals surface area contributed by atoms with Gasteiger partial charge in [0.2, 0.25) is 0 Å². The van der Waals surface area contributed by atoms with Gasteiger partial charge in [-0.1, -0.05) is 36.5 Å². The quantitative estimate of drug-likeness (QED) is 0.180. The number of allylic oxidation sites excluding steroid dienone is 10. The van der Waals surface area contributed by atoms with E-state index in [-0.39, 0.29) is 11.6 Å². The molecule has 0 atom stereocenters. The van der Waals surface area contributed by atoms with Gasteiger partial charge in [-0.3, -0.25) is 9.59 Å². The van der Waals surface area contributed by atoms with Gasteiger partial charge in [-0.15, -0.1) is 0 Å². The van der Waals surface area contributed by atoms with Crippen LogP contribution in [-0.4, -0.2) is 37.7 Å². The Kier molecular flexibility index (Phi) is 7.57. The summed E-state index contributed by atoms with van der Waals surface area (Å²) in [6.07, 6.45) is 14.2. The molecule has 0 aromatic heterocycles. The molecule has 0 unspecified atom stereocenters. The Morgan fingerprint density at radius 1 is 0.478 bits per heavy atom. The van der Waals surface area contributed by atoms with Crippen molar-refractivity contribution in [1.29, 1.82) is 0 Å². The maximum atomic E-state index is 13.4. The molecule has 230 valence electrons. The van der Waals surface area contributed by atoms with Crippen molar-refractivity contribution in [1.82, 2.24) is 0 Å². The Morgan fingerprint density at radius 3 is 1.26 bits per heavy atom. The van der Waals surface area contributed by atoms with Crippen LogP contribution in [0.5, 0.6) is 23.0 Å². The fraction of sp³-hybridized carbons (Fsp3) is 0.200. The molecule has 6 heteroatoms. The van der Waals surface area contributed by atoms with Gasteiger partial charge in [-0.25, -0.2) is 0 Å². The van der Waals surface area contributed by atoms with Crippen LogP contribution < -0.4 is 19.3 Å². The molecule has 4 aliphatic rings. The first-order chi connectivity index (χ1) is 22.4. The lowest BCUT2D eigenvalue weighted by Gasteiger charge is -2.31. The zero-order valence-corrected chi connectivity index (χ0v) is 26.6. The Balaban J connectivity index is 1.48. The van der Waals surface area contributed by atoms with E-state index in [1.54, 1.807) is 24.3 Å². The molecule has 2 aliphatic carbocycles. The predicted molar refractivity (Wildman–Crippen MR) is 185 cm³/mol. The van der Waals surface area contributed by atoms with E-state index in [1.165, 1.54) is 0 Å². The highest BCUT2D eigenvalue weighted by Crippen LogP contribution is 2.54. The molecule has 0 radical (unpaired) electrons. The molecule has 0 saturated heterocycles. The number of ether oxygens (including phenoxy) is 2. The molecule has 46 heavy (non-hydrogen) atoms. The van der Waals surface area contributed by atoms with E-state index in [4.69, 9.17) is 9.47 Å². The number of ketones is 2. The van der Waals surface area contributed by atoms with Crippen molar-refractivity contribution in [3.63, 3.8) is 0 Å². The number of benzene rings is 3. The van der Waals surface area contributed by atoms with Gasteiger partial charge in [0.05, 0.1) is 0 Å². The third-order valence-electron chi connectivity index (χ3n) is 9.10. The average Bonchev–Trinajstić information content (AvgIpc) is 3.07. The summed E-state index contributed by atoms with van der Waals surface area (Å²) < 4.78 is 13.3. The summed E-state index contributed by atoms with van der Waals surface area (Å²) in [4.78, 5) is 31.3. The molecule has 2 aliphatic heterocycles. The monoisotopic (exact) mass is 608 g/mol. The molecule has 2 heterocycles. The molecule has 0 amide bonds. The minimum Gasteiger partial charge on any atom is -0.456 e. The van der Waals surface area contributed by atoms with E-state index in [1.807, 2.05) is 48.6 Å². The fourth-order valence-corrected chi connectivity index (χ4v) is 6.75. The van der Waals surface area contributed by atoms with Gasteiger partial charge in [-0.05, 0) is 70.2 Å². The standard InChI is InChI=1S/C40H36N2O4/c1-5-41(6-2)25-17-19-29-35(21-25)45-37-24-38-32(23-31(37)39(29)27-13-9-11-15-33(27)43)40(28-14-10-12-16-34(28)44)30-20-18-26(22-36(30)46-38)42(7-3)8-4/h9-24H,5-8H2,1-4H3. The normalized spacial score (nSPS) is 18.8. The lowest BCUT2D eigenvalue weighted by molar-refractivity contribution is -0.111. The van der Waals surface area contributed by atoms with Crippen molar-refractivity contribution in [2.45, 2.75) is 27.7 Å². The lowest BCUT2D eigenvalue weighted by Crippen LogP contribution is -2.22. The second-order valence-corrected chi connectivity index (χ2v) is 11.5. The number of rotatable bonds is 6. The summed E-state index contributed by atoms with van der Waals surface area (Å²) in [6, 6.07) is 16.3. The molecule has 0 fully saturated rings. The van der Waals surface area contributed by atoms with Gasteiger partial charge in [0.1, 0.15) is 23.0 Å². The molecule has 0 saturated carbocycles. The van der Waals surface area contributed by atoms with Gasteiger partial charge in [0.15, 0.2) is 11.6 Å². The van der Waals surface area contributed by atoms with Gasteiger partial charge in [0, 0.05) is 100 Å². The van der Waals surface area contributed by atoms with E-state index < -0.39 is 0 Å². The molecular weight excluding hydrogens is 572 g/mol. The molecule has 3 aromatic rings. The number of nitrogens with zero attached hydrogens (tertiary/aromatic N) is 2. The van der Waals surface area contributed by atoms with E-state index in [0.29, 0.717) is 34.1 Å². The summed E-state index contributed by atoms with van der Waals surface area (Å²) in [7, 11) is 0. The topological polar surface area (TPSA) is 59.1 Å². The molecule has 0 bridgehead atoms. The summed E-state index contributed by atoms with van der Waals surface area (Å²) in [5.74, 6) is 2.43. The zero-order valence-electron chi connectivity index (χ0n) is 26.6. The van der Waals surface area contributed by atoms with E-state index in [2.05, 4.69) is 61.8 Å². The fourth-order valence-electron chi connectivity index (χ4n) is 6.75. The van der Waals surface area contributed by atoms with Crippen molar-refractivity contribution in [2.24, 2.45) is 0 Å². The summed E-state index contributed by atoms with van der Waals surface area (Å²) in [5.41, 5.74) is 8.13. The average molecular weight is 609 g/mol. The first-order valence-electron chi connectivity index (χ1n) is 16.1. The number of carbonyl (C=O) groups excluding carboxylic acids is 2. The van der Waals surface area contributed by atoms with Crippen molar-refractivity contribution in [3.05, 3.63) is 131 Å². The molecule has 3 aromatic carbocycles. The second-order valence-electron chi connectivity index (χ2n) is 11.5.